The molecule has 3 N–H and O–H groups in total. The number of amides is 1. The first-order valence-electron chi connectivity index (χ1n) is 13.7. The van der Waals surface area contributed by atoms with Gasteiger partial charge in [0.25, 0.3) is 11.5 Å². The molecule has 4 aromatic rings. The number of pyridine rings is 1. The van der Waals surface area contributed by atoms with Crippen LogP contribution in [0.25, 0.3) is 16.5 Å². The zero-order valence-corrected chi connectivity index (χ0v) is 23.7. The van der Waals surface area contributed by atoms with E-state index >= 15 is 0 Å². The fourth-order valence-electron chi connectivity index (χ4n) is 5.02. The number of nitrogens with two attached hydrogens (primary N) is 1. The summed E-state index contributed by atoms with van der Waals surface area (Å²) >= 11 is 0. The Kier molecular flexibility index (Phi) is 8.62. The van der Waals surface area contributed by atoms with Gasteiger partial charge in [-0.25, -0.2) is 9.67 Å². The van der Waals surface area contributed by atoms with Crippen molar-refractivity contribution in [3.05, 3.63) is 94.4 Å². The van der Waals surface area contributed by atoms with Crippen LogP contribution in [0, 0.1) is 11.8 Å². The molecule has 1 saturated heterocycles. The molecule has 10 heteroatoms. The van der Waals surface area contributed by atoms with Crippen LogP contribution in [0.4, 0.5) is 11.6 Å². The van der Waals surface area contributed by atoms with Gasteiger partial charge in [-0.1, -0.05) is 54.8 Å². The number of anilines is 1. The summed E-state index contributed by atoms with van der Waals surface area (Å²) < 4.78 is 8.49. The lowest BCUT2D eigenvalue weighted by atomic mass is 10.0. The number of allylic oxidation sites excluding steroid dienone is 1. The second kappa shape index (κ2) is 12.7. The van der Waals surface area contributed by atoms with Crippen molar-refractivity contribution in [3.8, 4) is 17.5 Å². The van der Waals surface area contributed by atoms with Gasteiger partial charge in [-0.2, -0.15) is 5.10 Å². The number of morpholine rings is 1. The largest absolute Gasteiger partial charge is 0.381 e. The number of aromatic nitrogens is 3. The molecule has 1 unspecified atom stereocenters. The highest BCUT2D eigenvalue weighted by Crippen LogP contribution is 2.27. The van der Waals surface area contributed by atoms with Crippen LogP contribution >= 0.6 is 0 Å². The molecule has 2 aromatic carbocycles. The third-order valence-corrected chi connectivity index (χ3v) is 7.08. The summed E-state index contributed by atoms with van der Waals surface area (Å²) in [7, 11) is 1.66. The molecular weight excluding hydrogens is 530 g/mol. The SMILES string of the molecule is C=C/C=N\c1c(C(=O)NC(C)c2cc3cccc(C#CCN4CCOCC4)c3c(=O)n2-c2ccccc2)c(N)nn1C. The number of ether oxygens (including phenoxy) is 1. The van der Waals surface area contributed by atoms with Crippen molar-refractivity contribution in [2.24, 2.45) is 12.0 Å². The van der Waals surface area contributed by atoms with Crippen LogP contribution in [0.5, 0.6) is 0 Å². The fourth-order valence-corrected chi connectivity index (χ4v) is 5.02. The Morgan fingerprint density at radius 2 is 1.98 bits per heavy atom. The van der Waals surface area contributed by atoms with Crippen LogP contribution in [0.2, 0.25) is 0 Å². The Morgan fingerprint density at radius 1 is 1.21 bits per heavy atom. The number of fused-ring (bicyclic) bond motifs is 1. The maximum absolute atomic E-state index is 14.2. The third-order valence-electron chi connectivity index (χ3n) is 7.08. The maximum atomic E-state index is 14.2. The molecule has 42 heavy (non-hydrogen) atoms. The minimum atomic E-state index is -0.582. The first kappa shape index (κ1) is 28.5. The molecule has 0 saturated carbocycles. The van der Waals surface area contributed by atoms with Crippen molar-refractivity contribution in [2.75, 3.05) is 38.6 Å². The molecule has 1 aliphatic rings. The molecular formula is C32H33N7O3. The van der Waals surface area contributed by atoms with Crippen LogP contribution in [-0.4, -0.2) is 64.2 Å². The smallest absolute Gasteiger partial charge is 0.264 e. The van der Waals surface area contributed by atoms with Gasteiger partial charge in [-0.15, -0.1) is 0 Å². The lowest BCUT2D eigenvalue weighted by Crippen LogP contribution is -2.36. The summed E-state index contributed by atoms with van der Waals surface area (Å²) in [6.07, 6.45) is 2.97. The van der Waals surface area contributed by atoms with E-state index in [0.29, 0.717) is 47.9 Å². The highest BCUT2D eigenvalue weighted by molar-refractivity contribution is 6.03. The number of nitrogen functional groups attached to an aromatic ring is 1. The summed E-state index contributed by atoms with van der Waals surface area (Å²) in [5.41, 5.74) is 7.95. The minimum Gasteiger partial charge on any atom is -0.381 e. The molecule has 2 aromatic heterocycles. The van der Waals surface area contributed by atoms with E-state index in [2.05, 4.69) is 38.7 Å². The number of carbonyl (C=O) groups excluding carboxylic acids is 1. The van der Waals surface area contributed by atoms with E-state index in [1.165, 1.54) is 17.0 Å². The number of nitrogens with zero attached hydrogens (tertiary/aromatic N) is 5. The predicted octanol–water partition coefficient (Wildman–Crippen LogP) is 3.37. The quantitative estimate of drug-likeness (QED) is 0.263. The van der Waals surface area contributed by atoms with E-state index < -0.39 is 11.9 Å². The lowest BCUT2D eigenvalue weighted by molar-refractivity contribution is 0.0443. The monoisotopic (exact) mass is 563 g/mol. The van der Waals surface area contributed by atoms with Gasteiger partial charge in [-0.3, -0.25) is 19.1 Å². The van der Waals surface area contributed by atoms with Crippen molar-refractivity contribution < 1.29 is 9.53 Å². The van der Waals surface area contributed by atoms with Gasteiger partial charge in [0.15, 0.2) is 11.6 Å². The number of nitrogens with one attached hydrogen (secondary N) is 1. The van der Waals surface area contributed by atoms with Gasteiger partial charge in [0, 0.05) is 43.3 Å². The number of rotatable bonds is 7. The molecule has 1 fully saturated rings. The molecule has 1 amide bonds. The number of para-hydroxylation sites is 1. The van der Waals surface area contributed by atoms with E-state index in [9.17, 15) is 9.59 Å². The molecule has 0 aliphatic carbocycles. The van der Waals surface area contributed by atoms with Crippen molar-refractivity contribution in [3.63, 3.8) is 0 Å². The van der Waals surface area contributed by atoms with Gasteiger partial charge in [-0.05, 0) is 36.6 Å². The first-order chi connectivity index (χ1) is 20.4. The van der Waals surface area contributed by atoms with E-state index in [4.69, 9.17) is 10.5 Å². The highest BCUT2D eigenvalue weighted by Gasteiger charge is 2.25. The van der Waals surface area contributed by atoms with Gasteiger partial charge in [0.2, 0.25) is 0 Å². The standard InChI is InChI=1S/C32H33N7O3/c1-4-15-34-30-28(29(33)36-37(30)3)31(40)35-22(2)26-21-24-11-8-10-23(12-9-16-38-17-19-42-20-18-38)27(24)32(41)39(26)25-13-6-5-7-14-25/h4-8,10-11,13-15,21-22H,1,16-20H2,2-3H3,(H2,33,36)(H,35,40)/b34-15-. The molecule has 10 nitrogen and oxygen atoms in total. The summed E-state index contributed by atoms with van der Waals surface area (Å²) in [6, 6.07) is 16.3. The molecule has 5 rings (SSSR count). The van der Waals surface area contributed by atoms with Crippen molar-refractivity contribution in [2.45, 2.75) is 13.0 Å². The molecule has 1 aliphatic heterocycles. The lowest BCUT2D eigenvalue weighted by Gasteiger charge is -2.24. The van der Waals surface area contributed by atoms with E-state index in [0.717, 1.165) is 18.5 Å². The van der Waals surface area contributed by atoms with Gasteiger partial charge in [0.1, 0.15) is 5.56 Å². The number of benzene rings is 2. The molecule has 1 atom stereocenters. The minimum absolute atomic E-state index is 0.0534. The Hall–Kier alpha value is -4.98. The molecule has 3 heterocycles. The fraction of sp³-hybridized carbons (Fsp3) is 0.250. The molecule has 214 valence electrons. The maximum Gasteiger partial charge on any atom is 0.264 e. The second-order valence-corrected chi connectivity index (χ2v) is 9.92. The topological polar surface area (TPSA) is 120 Å². The van der Waals surface area contributed by atoms with Crippen LogP contribution in [0.3, 0.4) is 0 Å². The van der Waals surface area contributed by atoms with Crippen LogP contribution < -0.4 is 16.6 Å². The number of carbonyl (C=O) groups is 1. The molecule has 0 spiro atoms. The number of aliphatic imine (C=N–C) groups is 1. The van der Waals surface area contributed by atoms with E-state index in [1.54, 1.807) is 11.6 Å². The Labute approximate surface area is 244 Å². The first-order valence-corrected chi connectivity index (χ1v) is 13.7. The van der Waals surface area contributed by atoms with E-state index in [1.807, 2.05) is 61.5 Å². The summed E-state index contributed by atoms with van der Waals surface area (Å²) in [4.78, 5) is 34.2. The second-order valence-electron chi connectivity index (χ2n) is 9.92. The summed E-state index contributed by atoms with van der Waals surface area (Å²) in [5.74, 6) is 6.36. The Bertz CT molecular complexity index is 1770. The average Bonchev–Trinajstić information content (AvgIpc) is 3.28. The average molecular weight is 564 g/mol. The summed E-state index contributed by atoms with van der Waals surface area (Å²) in [6.45, 7) is 9.13. The Balaban J connectivity index is 1.56. The number of hydrogen-bond acceptors (Lipinski definition) is 7. The normalized spacial score (nSPS) is 14.4. The van der Waals surface area contributed by atoms with E-state index in [-0.39, 0.29) is 16.9 Å². The van der Waals surface area contributed by atoms with Gasteiger partial charge in [0.05, 0.1) is 31.2 Å². The zero-order valence-electron chi connectivity index (χ0n) is 23.7. The van der Waals surface area contributed by atoms with Crippen molar-refractivity contribution >= 4 is 34.5 Å². The van der Waals surface area contributed by atoms with Crippen LogP contribution in [0.1, 0.15) is 34.6 Å². The number of hydrogen-bond donors (Lipinski definition) is 2. The zero-order chi connectivity index (χ0) is 29.6. The van der Waals surface area contributed by atoms with Gasteiger partial charge < -0.3 is 15.8 Å². The van der Waals surface area contributed by atoms with Crippen molar-refractivity contribution in [1.29, 1.82) is 0 Å². The molecule has 0 bridgehead atoms. The third kappa shape index (κ3) is 5.88. The predicted molar refractivity (Wildman–Crippen MR) is 166 cm³/mol. The summed E-state index contributed by atoms with van der Waals surface area (Å²) in [5, 5.41) is 8.41. The molecule has 0 radical (unpaired) electrons. The van der Waals surface area contributed by atoms with Crippen molar-refractivity contribution in [1.82, 2.24) is 24.6 Å². The highest BCUT2D eigenvalue weighted by atomic mass is 16.5. The van der Waals surface area contributed by atoms with Crippen LogP contribution in [-0.2, 0) is 11.8 Å². The van der Waals surface area contributed by atoms with Crippen LogP contribution in [0.15, 0.2) is 77.0 Å². The van der Waals surface area contributed by atoms with Gasteiger partial charge >= 0.3 is 0 Å². The Morgan fingerprint density at radius 3 is 2.71 bits per heavy atom. The number of aryl methyl sites for hydroxylation is 1.